The predicted molar refractivity (Wildman–Crippen MR) is 50.7 cm³/mol. The van der Waals surface area contributed by atoms with Crippen molar-refractivity contribution in [1.29, 1.82) is 0 Å². The summed E-state index contributed by atoms with van der Waals surface area (Å²) in [5, 5.41) is 8.83. The molecule has 1 aromatic rings. The summed E-state index contributed by atoms with van der Waals surface area (Å²) >= 11 is 3.08. The molecule has 0 radical (unpaired) electrons. The second-order valence-electron chi connectivity index (χ2n) is 2.61. The van der Waals surface area contributed by atoms with Gasteiger partial charge in [0.2, 0.25) is 0 Å². The van der Waals surface area contributed by atoms with Gasteiger partial charge in [-0.1, -0.05) is 0 Å². The number of halogens is 3. The number of nitrogens with zero attached hydrogens (tertiary/aromatic N) is 1. The lowest BCUT2D eigenvalue weighted by Crippen LogP contribution is -2.08. The third-order valence-corrected chi connectivity index (χ3v) is 2.51. The number of aliphatic hydroxyl groups excluding tert-OH is 1. The van der Waals surface area contributed by atoms with Gasteiger partial charge in [0.05, 0.1) is 12.3 Å². The molecule has 14 heavy (non-hydrogen) atoms. The van der Waals surface area contributed by atoms with Crippen LogP contribution in [0, 0.1) is 0 Å². The number of aromatic nitrogens is 1. The maximum atomic E-state index is 12.6. The van der Waals surface area contributed by atoms with E-state index in [1.165, 1.54) is 6.20 Å². The molecule has 3 N–H and O–H groups in total. The van der Waals surface area contributed by atoms with Gasteiger partial charge in [-0.3, -0.25) is 4.98 Å². The number of rotatable bonds is 3. The first-order chi connectivity index (χ1) is 6.61. The Hall–Kier alpha value is -0.590. The van der Waals surface area contributed by atoms with E-state index in [-0.39, 0.29) is 17.8 Å². The molecule has 0 atom stereocenters. The molecule has 0 spiro atoms. The summed E-state index contributed by atoms with van der Waals surface area (Å²) in [6.45, 7) is -0.532. The third kappa shape index (κ3) is 2.08. The van der Waals surface area contributed by atoms with Crippen molar-refractivity contribution in [2.75, 3.05) is 0 Å². The maximum absolute atomic E-state index is 12.6. The van der Waals surface area contributed by atoms with E-state index in [2.05, 4.69) is 20.9 Å². The Balaban J connectivity index is 3.36. The topological polar surface area (TPSA) is 59.1 Å². The summed E-state index contributed by atoms with van der Waals surface area (Å²) < 4.78 is 25.7. The van der Waals surface area contributed by atoms with E-state index in [9.17, 15) is 8.78 Å². The van der Waals surface area contributed by atoms with Crippen molar-refractivity contribution in [3.05, 3.63) is 27.5 Å². The van der Waals surface area contributed by atoms with Crippen LogP contribution in [0.25, 0.3) is 0 Å². The highest BCUT2D eigenvalue weighted by Gasteiger charge is 2.19. The van der Waals surface area contributed by atoms with Gasteiger partial charge in [0.25, 0.3) is 6.43 Å². The van der Waals surface area contributed by atoms with Gasteiger partial charge in [-0.2, -0.15) is 0 Å². The standard InChI is InChI=1S/C8H9BrF2N2O/c9-5-2-13-6(3-14)7(8(10)11)4(5)1-12/h2,8,14H,1,3,12H2. The second-order valence-corrected chi connectivity index (χ2v) is 3.46. The van der Waals surface area contributed by atoms with E-state index in [1.807, 2.05) is 0 Å². The fraction of sp³-hybridized carbons (Fsp3) is 0.375. The van der Waals surface area contributed by atoms with Gasteiger partial charge in [-0.15, -0.1) is 0 Å². The molecule has 0 aliphatic rings. The first-order valence-corrected chi connectivity index (χ1v) is 4.66. The van der Waals surface area contributed by atoms with Crippen LogP contribution >= 0.6 is 15.9 Å². The van der Waals surface area contributed by atoms with Crippen LogP contribution in [0.2, 0.25) is 0 Å². The molecule has 3 nitrogen and oxygen atoms in total. The van der Waals surface area contributed by atoms with Gasteiger partial charge in [0.1, 0.15) is 0 Å². The molecule has 0 amide bonds. The van der Waals surface area contributed by atoms with E-state index in [0.29, 0.717) is 10.0 Å². The minimum Gasteiger partial charge on any atom is -0.390 e. The van der Waals surface area contributed by atoms with Gasteiger partial charge in [-0.25, -0.2) is 8.78 Å². The summed E-state index contributed by atoms with van der Waals surface area (Å²) in [4.78, 5) is 3.69. The van der Waals surface area contributed by atoms with Crippen LogP contribution in [0.3, 0.4) is 0 Å². The Kier molecular flexibility index (Phi) is 3.91. The van der Waals surface area contributed by atoms with Crippen LogP contribution in [0.1, 0.15) is 23.2 Å². The zero-order valence-corrected chi connectivity index (χ0v) is 8.76. The highest BCUT2D eigenvalue weighted by Crippen LogP contribution is 2.30. The molecule has 6 heteroatoms. The van der Waals surface area contributed by atoms with E-state index in [1.54, 1.807) is 0 Å². The molecule has 78 valence electrons. The monoisotopic (exact) mass is 266 g/mol. The smallest absolute Gasteiger partial charge is 0.266 e. The molecule has 0 aromatic carbocycles. The van der Waals surface area contributed by atoms with E-state index < -0.39 is 13.0 Å². The Morgan fingerprint density at radius 1 is 1.57 bits per heavy atom. The first-order valence-electron chi connectivity index (χ1n) is 3.87. The van der Waals surface area contributed by atoms with Crippen LogP contribution in [0.5, 0.6) is 0 Å². The molecule has 1 aromatic heterocycles. The Bertz CT molecular complexity index is 333. The van der Waals surface area contributed by atoms with Crippen LogP contribution in [0.15, 0.2) is 10.7 Å². The molecule has 1 heterocycles. The van der Waals surface area contributed by atoms with Crippen molar-refractivity contribution in [2.24, 2.45) is 5.73 Å². The quantitative estimate of drug-likeness (QED) is 0.876. The average Bonchev–Trinajstić information content (AvgIpc) is 2.17. The van der Waals surface area contributed by atoms with Crippen molar-refractivity contribution >= 4 is 15.9 Å². The third-order valence-electron chi connectivity index (χ3n) is 1.83. The predicted octanol–water partition coefficient (Wildman–Crippen LogP) is 1.73. The molecule has 0 aliphatic heterocycles. The van der Waals surface area contributed by atoms with Gasteiger partial charge in [0, 0.05) is 22.8 Å². The fourth-order valence-corrected chi connectivity index (χ4v) is 1.65. The number of hydrogen-bond acceptors (Lipinski definition) is 3. The minimum atomic E-state index is -2.68. The van der Waals surface area contributed by atoms with Crippen LogP contribution < -0.4 is 5.73 Å². The van der Waals surface area contributed by atoms with Crippen molar-refractivity contribution in [1.82, 2.24) is 4.98 Å². The lowest BCUT2D eigenvalue weighted by molar-refractivity contribution is 0.144. The molecule has 0 aliphatic carbocycles. The van der Waals surface area contributed by atoms with Gasteiger partial charge < -0.3 is 10.8 Å². The average molecular weight is 267 g/mol. The number of aliphatic hydroxyl groups is 1. The van der Waals surface area contributed by atoms with Crippen LogP contribution in [0.4, 0.5) is 8.78 Å². The zero-order chi connectivity index (χ0) is 10.7. The Morgan fingerprint density at radius 2 is 2.21 bits per heavy atom. The largest absolute Gasteiger partial charge is 0.390 e. The molecular weight excluding hydrogens is 258 g/mol. The molecule has 0 fully saturated rings. The SMILES string of the molecule is NCc1c(Br)cnc(CO)c1C(F)F. The highest BCUT2D eigenvalue weighted by atomic mass is 79.9. The van der Waals surface area contributed by atoms with Crippen LogP contribution in [-0.2, 0) is 13.2 Å². The summed E-state index contributed by atoms with van der Waals surface area (Å²) in [5.41, 5.74) is 5.33. The normalized spacial score (nSPS) is 11.0. The molecule has 0 saturated carbocycles. The Morgan fingerprint density at radius 3 is 2.64 bits per heavy atom. The number of alkyl halides is 2. The molecular formula is C8H9BrF2N2O. The second kappa shape index (κ2) is 4.77. The summed E-state index contributed by atoms with van der Waals surface area (Å²) in [5.74, 6) is 0. The number of pyridine rings is 1. The lowest BCUT2D eigenvalue weighted by Gasteiger charge is -2.12. The van der Waals surface area contributed by atoms with Crippen molar-refractivity contribution in [3.8, 4) is 0 Å². The van der Waals surface area contributed by atoms with Gasteiger partial charge in [0.15, 0.2) is 0 Å². The minimum absolute atomic E-state index is 0.0181. The molecule has 1 rings (SSSR count). The van der Waals surface area contributed by atoms with Gasteiger partial charge in [-0.05, 0) is 21.5 Å². The fourth-order valence-electron chi connectivity index (χ4n) is 1.18. The summed E-state index contributed by atoms with van der Waals surface area (Å²) in [6, 6.07) is 0. The van der Waals surface area contributed by atoms with Crippen LogP contribution in [-0.4, -0.2) is 10.1 Å². The first kappa shape index (κ1) is 11.5. The Labute approximate surface area is 88.1 Å². The number of hydrogen-bond donors (Lipinski definition) is 2. The number of nitrogens with two attached hydrogens (primary N) is 1. The zero-order valence-electron chi connectivity index (χ0n) is 7.17. The maximum Gasteiger partial charge on any atom is 0.266 e. The van der Waals surface area contributed by atoms with Crippen molar-refractivity contribution in [3.63, 3.8) is 0 Å². The van der Waals surface area contributed by atoms with Crippen molar-refractivity contribution < 1.29 is 13.9 Å². The lowest BCUT2D eigenvalue weighted by atomic mass is 10.1. The van der Waals surface area contributed by atoms with Gasteiger partial charge >= 0.3 is 0 Å². The summed E-state index contributed by atoms with van der Waals surface area (Å²) in [7, 11) is 0. The highest BCUT2D eigenvalue weighted by molar-refractivity contribution is 9.10. The molecule has 0 bridgehead atoms. The molecule has 0 unspecified atom stereocenters. The van der Waals surface area contributed by atoms with E-state index in [0.717, 1.165) is 0 Å². The van der Waals surface area contributed by atoms with Crippen molar-refractivity contribution in [2.45, 2.75) is 19.6 Å². The van der Waals surface area contributed by atoms with E-state index >= 15 is 0 Å². The van der Waals surface area contributed by atoms with E-state index in [4.69, 9.17) is 10.8 Å². The molecule has 0 saturated heterocycles. The summed E-state index contributed by atoms with van der Waals surface area (Å²) in [6.07, 6.45) is -1.32.